The van der Waals surface area contributed by atoms with Crippen molar-refractivity contribution in [3.63, 3.8) is 0 Å². The molecule has 0 unspecified atom stereocenters. The Bertz CT molecular complexity index is 748. The molecule has 0 saturated heterocycles. The fourth-order valence-electron chi connectivity index (χ4n) is 2.45. The third kappa shape index (κ3) is 11.1. The first kappa shape index (κ1) is 25.1. The standard InChI is InChI=1S/C24H30O6S/c1-2-20-31-30-19-17-28-15-13-26-12-14-27-16-18-29-23-10-8-22(9-11-23)24(25)21-6-4-3-5-7-21/h2-11,20H,12-19H2,1H3. The summed E-state index contributed by atoms with van der Waals surface area (Å²) < 4.78 is 27.2. The van der Waals surface area contributed by atoms with Crippen LogP contribution in [-0.2, 0) is 18.4 Å². The molecule has 0 aliphatic carbocycles. The van der Waals surface area contributed by atoms with E-state index in [4.69, 9.17) is 23.1 Å². The van der Waals surface area contributed by atoms with E-state index in [2.05, 4.69) is 0 Å². The highest BCUT2D eigenvalue weighted by molar-refractivity contribution is 7.97. The predicted molar refractivity (Wildman–Crippen MR) is 123 cm³/mol. The molecule has 0 N–H and O–H groups in total. The second-order valence-corrected chi connectivity index (χ2v) is 6.99. The average molecular weight is 447 g/mol. The molecule has 0 amide bonds. The van der Waals surface area contributed by atoms with Crippen LogP contribution in [0.3, 0.4) is 0 Å². The summed E-state index contributed by atoms with van der Waals surface area (Å²) in [6.45, 7) is 5.99. The van der Waals surface area contributed by atoms with E-state index in [1.807, 2.05) is 48.7 Å². The summed E-state index contributed by atoms with van der Waals surface area (Å²) in [6, 6.07) is 16.3. The highest BCUT2D eigenvalue weighted by Crippen LogP contribution is 2.15. The molecule has 0 spiro atoms. The van der Waals surface area contributed by atoms with Crippen molar-refractivity contribution >= 4 is 17.8 Å². The van der Waals surface area contributed by atoms with Gasteiger partial charge in [0.1, 0.15) is 12.4 Å². The Morgan fingerprint density at radius 3 is 1.90 bits per heavy atom. The molecule has 2 aromatic rings. The van der Waals surface area contributed by atoms with Crippen LogP contribution in [0.2, 0.25) is 0 Å². The maximum absolute atomic E-state index is 12.4. The molecule has 6 nitrogen and oxygen atoms in total. The van der Waals surface area contributed by atoms with Crippen LogP contribution in [0.5, 0.6) is 5.75 Å². The quantitative estimate of drug-likeness (QED) is 0.201. The smallest absolute Gasteiger partial charge is 0.193 e. The zero-order chi connectivity index (χ0) is 22.0. The Morgan fingerprint density at radius 1 is 0.742 bits per heavy atom. The SMILES string of the molecule is CC=CSOCCOCCOCCOCCOc1ccc(C(=O)c2ccccc2)cc1. The number of hydrogen-bond acceptors (Lipinski definition) is 7. The van der Waals surface area contributed by atoms with Gasteiger partial charge in [0.05, 0.1) is 46.2 Å². The molecule has 0 radical (unpaired) electrons. The van der Waals surface area contributed by atoms with Gasteiger partial charge in [-0.05, 0) is 36.6 Å². The van der Waals surface area contributed by atoms with Gasteiger partial charge in [0, 0.05) is 23.2 Å². The third-order valence-electron chi connectivity index (χ3n) is 3.96. The van der Waals surface area contributed by atoms with Gasteiger partial charge in [0.25, 0.3) is 0 Å². The summed E-state index contributed by atoms with van der Waals surface area (Å²) in [7, 11) is 0. The molecule has 0 heterocycles. The maximum atomic E-state index is 12.4. The van der Waals surface area contributed by atoms with Crippen molar-refractivity contribution in [3.05, 3.63) is 77.2 Å². The van der Waals surface area contributed by atoms with E-state index >= 15 is 0 Å². The summed E-state index contributed by atoms with van der Waals surface area (Å²) >= 11 is 1.30. The molecular weight excluding hydrogens is 416 g/mol. The topological polar surface area (TPSA) is 63.2 Å². The first-order valence-electron chi connectivity index (χ1n) is 10.3. The number of ether oxygens (including phenoxy) is 4. The first-order chi connectivity index (χ1) is 15.3. The number of carbonyl (C=O) groups excluding carboxylic acids is 1. The van der Waals surface area contributed by atoms with Crippen LogP contribution in [0.4, 0.5) is 0 Å². The van der Waals surface area contributed by atoms with Crippen LogP contribution >= 0.6 is 12.0 Å². The van der Waals surface area contributed by atoms with Gasteiger partial charge >= 0.3 is 0 Å². The van der Waals surface area contributed by atoms with Crippen molar-refractivity contribution < 1.29 is 27.9 Å². The number of hydrogen-bond donors (Lipinski definition) is 0. The van der Waals surface area contributed by atoms with Crippen LogP contribution in [0.25, 0.3) is 0 Å². The summed E-state index contributed by atoms with van der Waals surface area (Å²) in [5.41, 5.74) is 1.31. The van der Waals surface area contributed by atoms with Crippen molar-refractivity contribution in [2.24, 2.45) is 0 Å². The fourth-order valence-corrected chi connectivity index (χ4v) is 2.81. The molecular formula is C24H30O6S. The molecule has 0 aromatic heterocycles. The van der Waals surface area contributed by atoms with Gasteiger partial charge in [-0.3, -0.25) is 4.79 Å². The molecule has 0 aliphatic heterocycles. The molecule has 0 atom stereocenters. The lowest BCUT2D eigenvalue weighted by molar-refractivity contribution is 0.00588. The Hall–Kier alpha value is -2.16. The predicted octanol–water partition coefficient (Wildman–Crippen LogP) is 4.54. The number of benzene rings is 2. The maximum Gasteiger partial charge on any atom is 0.193 e. The second kappa shape index (κ2) is 16.5. The van der Waals surface area contributed by atoms with Crippen molar-refractivity contribution in [3.8, 4) is 5.75 Å². The summed E-state index contributed by atoms with van der Waals surface area (Å²) in [5, 5.41) is 1.87. The van der Waals surface area contributed by atoms with Gasteiger partial charge < -0.3 is 23.1 Å². The van der Waals surface area contributed by atoms with Gasteiger partial charge in [-0.25, -0.2) is 0 Å². The molecule has 0 aliphatic rings. The number of carbonyl (C=O) groups is 1. The Kier molecular flexibility index (Phi) is 13.4. The van der Waals surface area contributed by atoms with Crippen LogP contribution in [0.15, 0.2) is 66.1 Å². The lowest BCUT2D eigenvalue weighted by Crippen LogP contribution is -2.13. The van der Waals surface area contributed by atoms with Gasteiger partial charge in [-0.15, -0.1) is 0 Å². The summed E-state index contributed by atoms with van der Waals surface area (Å²) in [5.74, 6) is 0.701. The lowest BCUT2D eigenvalue weighted by atomic mass is 10.0. The lowest BCUT2D eigenvalue weighted by Gasteiger charge is -2.09. The van der Waals surface area contributed by atoms with E-state index in [1.165, 1.54) is 12.0 Å². The van der Waals surface area contributed by atoms with E-state index < -0.39 is 0 Å². The fraction of sp³-hybridized carbons (Fsp3) is 0.375. The molecule has 168 valence electrons. The van der Waals surface area contributed by atoms with Gasteiger partial charge in [-0.2, -0.15) is 0 Å². The van der Waals surface area contributed by atoms with E-state index in [1.54, 1.807) is 24.3 Å². The van der Waals surface area contributed by atoms with Crippen LogP contribution < -0.4 is 4.74 Å². The van der Waals surface area contributed by atoms with Gasteiger partial charge in [0.2, 0.25) is 0 Å². The van der Waals surface area contributed by atoms with E-state index in [0.717, 1.165) is 0 Å². The van der Waals surface area contributed by atoms with Crippen molar-refractivity contribution in [1.29, 1.82) is 0 Å². The van der Waals surface area contributed by atoms with E-state index in [0.29, 0.717) is 69.7 Å². The molecule has 0 fully saturated rings. The minimum Gasteiger partial charge on any atom is -0.491 e. The highest BCUT2D eigenvalue weighted by atomic mass is 32.2. The Morgan fingerprint density at radius 2 is 1.29 bits per heavy atom. The normalized spacial score (nSPS) is 11.1. The van der Waals surface area contributed by atoms with Crippen LogP contribution in [0.1, 0.15) is 22.8 Å². The number of allylic oxidation sites excluding steroid dienone is 1. The van der Waals surface area contributed by atoms with Crippen LogP contribution in [-0.4, -0.2) is 58.6 Å². The van der Waals surface area contributed by atoms with Crippen molar-refractivity contribution in [1.82, 2.24) is 0 Å². The van der Waals surface area contributed by atoms with E-state index in [9.17, 15) is 4.79 Å². The Labute approximate surface area is 188 Å². The number of ketones is 1. The minimum absolute atomic E-state index is 0.00220. The van der Waals surface area contributed by atoms with Crippen LogP contribution in [0, 0.1) is 0 Å². The number of rotatable bonds is 17. The highest BCUT2D eigenvalue weighted by Gasteiger charge is 2.08. The molecule has 0 saturated carbocycles. The second-order valence-electron chi connectivity index (χ2n) is 6.29. The molecule has 0 bridgehead atoms. The van der Waals surface area contributed by atoms with Crippen molar-refractivity contribution in [2.75, 3.05) is 52.9 Å². The molecule has 7 heteroatoms. The van der Waals surface area contributed by atoms with Gasteiger partial charge in [0.15, 0.2) is 5.78 Å². The third-order valence-corrected chi connectivity index (χ3v) is 4.65. The zero-order valence-electron chi connectivity index (χ0n) is 17.9. The summed E-state index contributed by atoms with van der Waals surface area (Å²) in [4.78, 5) is 12.4. The van der Waals surface area contributed by atoms with E-state index in [-0.39, 0.29) is 5.78 Å². The molecule has 31 heavy (non-hydrogen) atoms. The minimum atomic E-state index is -0.00220. The summed E-state index contributed by atoms with van der Waals surface area (Å²) in [6.07, 6.45) is 1.92. The van der Waals surface area contributed by atoms with Gasteiger partial charge in [-0.1, -0.05) is 36.4 Å². The first-order valence-corrected chi connectivity index (χ1v) is 11.1. The average Bonchev–Trinajstić information content (AvgIpc) is 2.82. The zero-order valence-corrected chi connectivity index (χ0v) is 18.7. The molecule has 2 aromatic carbocycles. The van der Waals surface area contributed by atoms with Crippen molar-refractivity contribution in [2.45, 2.75) is 6.92 Å². The largest absolute Gasteiger partial charge is 0.491 e. The molecule has 2 rings (SSSR count). The Balaban J connectivity index is 1.44. The monoisotopic (exact) mass is 446 g/mol.